The van der Waals surface area contributed by atoms with Crippen LogP contribution in [0.1, 0.15) is 11.4 Å². The van der Waals surface area contributed by atoms with Crippen LogP contribution in [0, 0.1) is 17.5 Å². The molecule has 12 heavy (non-hydrogen) atoms. The lowest BCUT2D eigenvalue weighted by molar-refractivity contribution is 0.884. The molecule has 0 bridgehead atoms. The Morgan fingerprint density at radius 3 is 2.83 bits per heavy atom. The van der Waals surface area contributed by atoms with Gasteiger partial charge in [-0.3, -0.25) is 4.98 Å². The van der Waals surface area contributed by atoms with E-state index in [4.69, 9.17) is 0 Å². The first kappa shape index (κ1) is 7.97. The number of aryl methyl sites for hydroxylation is 2. The van der Waals surface area contributed by atoms with E-state index in [0.29, 0.717) is 0 Å². The van der Waals surface area contributed by atoms with Gasteiger partial charge in [-0.1, -0.05) is 0 Å². The van der Waals surface area contributed by atoms with Gasteiger partial charge in [0.1, 0.15) is 3.70 Å². The monoisotopic (exact) mass is 273 g/mol. The molecule has 0 aliphatic rings. The van der Waals surface area contributed by atoms with Gasteiger partial charge < -0.3 is 0 Å². The molecule has 0 spiro atoms. The van der Waals surface area contributed by atoms with Crippen molar-refractivity contribution in [3.63, 3.8) is 0 Å². The Balaban J connectivity index is 2.97. The number of nitrogens with zero attached hydrogens (tertiary/aromatic N) is 3. The van der Waals surface area contributed by atoms with E-state index < -0.39 is 0 Å². The zero-order valence-corrected chi connectivity index (χ0v) is 9.03. The molecule has 2 aromatic heterocycles. The fourth-order valence-corrected chi connectivity index (χ4v) is 1.75. The summed E-state index contributed by atoms with van der Waals surface area (Å²) in [5.74, 6) is 0. The van der Waals surface area contributed by atoms with E-state index in [-0.39, 0.29) is 0 Å². The summed E-state index contributed by atoms with van der Waals surface area (Å²) < 4.78 is 3.00. The standard InChI is InChI=1S/C8H8IN3/c1-5-7-3-4-10-12(7)8(9)6(2)11-5/h3-4H,1-2H3. The van der Waals surface area contributed by atoms with Crippen LogP contribution in [0.2, 0.25) is 0 Å². The molecule has 3 nitrogen and oxygen atoms in total. The Bertz CT molecular complexity index is 433. The van der Waals surface area contributed by atoms with Gasteiger partial charge in [0.25, 0.3) is 0 Å². The minimum atomic E-state index is 1.03. The molecule has 0 fully saturated rings. The second-order valence-electron chi connectivity index (χ2n) is 2.70. The SMILES string of the molecule is Cc1nc(C)c2ccnn2c1I. The molecule has 62 valence electrons. The lowest BCUT2D eigenvalue weighted by Crippen LogP contribution is -2.01. The molecule has 0 N–H and O–H groups in total. The highest BCUT2D eigenvalue weighted by Gasteiger charge is 2.05. The van der Waals surface area contributed by atoms with Crippen LogP contribution in [0.25, 0.3) is 5.52 Å². The summed E-state index contributed by atoms with van der Waals surface area (Å²) in [4.78, 5) is 4.41. The highest BCUT2D eigenvalue weighted by molar-refractivity contribution is 14.1. The number of hydrogen-bond acceptors (Lipinski definition) is 2. The maximum absolute atomic E-state index is 4.41. The molecule has 0 atom stereocenters. The van der Waals surface area contributed by atoms with Gasteiger partial charge in [-0.2, -0.15) is 5.10 Å². The second kappa shape index (κ2) is 2.69. The molecule has 0 aromatic carbocycles. The first-order valence-electron chi connectivity index (χ1n) is 3.66. The van der Waals surface area contributed by atoms with Crippen LogP contribution in [0.4, 0.5) is 0 Å². The van der Waals surface area contributed by atoms with E-state index in [0.717, 1.165) is 20.6 Å². The lowest BCUT2D eigenvalue weighted by Gasteiger charge is -2.03. The molecule has 0 aliphatic heterocycles. The van der Waals surface area contributed by atoms with E-state index in [1.54, 1.807) is 6.20 Å². The van der Waals surface area contributed by atoms with E-state index in [9.17, 15) is 0 Å². The number of aromatic nitrogens is 3. The zero-order valence-electron chi connectivity index (χ0n) is 6.87. The van der Waals surface area contributed by atoms with Gasteiger partial charge in [0.05, 0.1) is 23.1 Å². The molecule has 2 aromatic rings. The Hall–Kier alpha value is -0.650. The maximum Gasteiger partial charge on any atom is 0.124 e. The van der Waals surface area contributed by atoms with Gasteiger partial charge in [-0.15, -0.1) is 0 Å². The van der Waals surface area contributed by atoms with Crippen LogP contribution in [-0.2, 0) is 0 Å². The van der Waals surface area contributed by atoms with E-state index >= 15 is 0 Å². The van der Waals surface area contributed by atoms with Gasteiger partial charge in [0.2, 0.25) is 0 Å². The van der Waals surface area contributed by atoms with Gasteiger partial charge in [-0.05, 0) is 42.5 Å². The molecule has 2 rings (SSSR count). The normalized spacial score (nSPS) is 10.9. The molecule has 0 saturated carbocycles. The van der Waals surface area contributed by atoms with Crippen molar-refractivity contribution in [3.05, 3.63) is 27.4 Å². The van der Waals surface area contributed by atoms with Crippen molar-refractivity contribution in [1.29, 1.82) is 0 Å². The fraction of sp³-hybridized carbons (Fsp3) is 0.250. The molecular weight excluding hydrogens is 265 g/mol. The molecule has 0 radical (unpaired) electrons. The predicted molar refractivity (Wildman–Crippen MR) is 55.2 cm³/mol. The predicted octanol–water partition coefficient (Wildman–Crippen LogP) is 1.95. The smallest absolute Gasteiger partial charge is 0.124 e. The van der Waals surface area contributed by atoms with E-state index in [1.807, 2.05) is 24.4 Å². The van der Waals surface area contributed by atoms with Crippen molar-refractivity contribution >= 4 is 28.1 Å². The molecule has 0 amide bonds. The van der Waals surface area contributed by atoms with Gasteiger partial charge in [0.15, 0.2) is 0 Å². The third-order valence-corrected chi connectivity index (χ3v) is 3.07. The van der Waals surface area contributed by atoms with Crippen LogP contribution in [0.15, 0.2) is 12.3 Å². The average Bonchev–Trinajstić information content (AvgIpc) is 2.48. The number of rotatable bonds is 0. The topological polar surface area (TPSA) is 30.2 Å². The summed E-state index contributed by atoms with van der Waals surface area (Å²) >= 11 is 2.25. The van der Waals surface area contributed by atoms with Crippen LogP contribution >= 0.6 is 22.6 Å². The molecule has 0 unspecified atom stereocenters. The van der Waals surface area contributed by atoms with Crippen molar-refractivity contribution in [1.82, 2.24) is 14.6 Å². The van der Waals surface area contributed by atoms with Gasteiger partial charge in [-0.25, -0.2) is 4.52 Å². The lowest BCUT2D eigenvalue weighted by atomic mass is 10.3. The van der Waals surface area contributed by atoms with Gasteiger partial charge >= 0.3 is 0 Å². The van der Waals surface area contributed by atoms with Crippen LogP contribution in [0.5, 0.6) is 0 Å². The first-order valence-corrected chi connectivity index (χ1v) is 4.74. The fourth-order valence-electron chi connectivity index (χ4n) is 1.24. The number of hydrogen-bond donors (Lipinski definition) is 0. The summed E-state index contributed by atoms with van der Waals surface area (Å²) in [7, 11) is 0. The van der Waals surface area contributed by atoms with Gasteiger partial charge in [0, 0.05) is 0 Å². The summed E-state index contributed by atoms with van der Waals surface area (Å²) in [5, 5.41) is 4.21. The Morgan fingerprint density at radius 1 is 1.33 bits per heavy atom. The summed E-state index contributed by atoms with van der Waals surface area (Å²) in [6.07, 6.45) is 1.80. The minimum Gasteiger partial charge on any atom is -0.253 e. The first-order chi connectivity index (χ1) is 5.70. The third kappa shape index (κ3) is 1.01. The molecule has 0 saturated heterocycles. The Kier molecular flexibility index (Phi) is 1.79. The summed E-state index contributed by atoms with van der Waals surface area (Å²) in [6.45, 7) is 4.00. The number of fused-ring (bicyclic) bond motifs is 1. The molecular formula is C8H8IN3. The van der Waals surface area contributed by atoms with Crippen molar-refractivity contribution < 1.29 is 0 Å². The molecule has 0 aliphatic carbocycles. The van der Waals surface area contributed by atoms with Crippen molar-refractivity contribution in [2.45, 2.75) is 13.8 Å². The van der Waals surface area contributed by atoms with Crippen LogP contribution in [-0.4, -0.2) is 14.6 Å². The minimum absolute atomic E-state index is 1.03. The molecule has 2 heterocycles. The van der Waals surface area contributed by atoms with Crippen molar-refractivity contribution in [3.8, 4) is 0 Å². The average molecular weight is 273 g/mol. The maximum atomic E-state index is 4.41. The largest absolute Gasteiger partial charge is 0.253 e. The quantitative estimate of drug-likeness (QED) is 0.687. The third-order valence-electron chi connectivity index (χ3n) is 1.83. The Labute approximate surface area is 83.9 Å². The zero-order chi connectivity index (χ0) is 8.72. The Morgan fingerprint density at radius 2 is 2.08 bits per heavy atom. The van der Waals surface area contributed by atoms with E-state index in [2.05, 4.69) is 32.7 Å². The summed E-state index contributed by atoms with van der Waals surface area (Å²) in [5.41, 5.74) is 3.15. The highest BCUT2D eigenvalue weighted by atomic mass is 127. The van der Waals surface area contributed by atoms with Crippen molar-refractivity contribution in [2.24, 2.45) is 0 Å². The van der Waals surface area contributed by atoms with Crippen LogP contribution < -0.4 is 0 Å². The van der Waals surface area contributed by atoms with E-state index in [1.165, 1.54) is 0 Å². The second-order valence-corrected chi connectivity index (χ2v) is 3.72. The summed E-state index contributed by atoms with van der Waals surface area (Å²) in [6, 6.07) is 1.98. The van der Waals surface area contributed by atoms with Crippen molar-refractivity contribution in [2.75, 3.05) is 0 Å². The molecule has 4 heteroatoms. The number of halogens is 1. The van der Waals surface area contributed by atoms with Crippen LogP contribution in [0.3, 0.4) is 0 Å². The highest BCUT2D eigenvalue weighted by Crippen LogP contribution is 2.14.